The number of methoxy groups -OCH3 is 2. The van der Waals surface area contributed by atoms with Gasteiger partial charge in [-0.1, -0.05) is 17.7 Å². The number of hydrogen-bond acceptors (Lipinski definition) is 13. The number of esters is 2. The standard InChI is InChI=1S/C14H14N4O3.C13H15N3O3.CBrN.CH4/c1-6-11(7(2)21-18-6)8-4-9(13(19)20-3)12-10(5-8)16-14(15)17-12;1-6-11(7(2)19-16-6)8-4-9(13(17)18-3)12(15)10(14)5-8;2-1-3;/h4-5H,1-3H3,(H3,15,16,17);4-5H,14-15H2,1-3H3;;1H4. The van der Waals surface area contributed by atoms with Crippen LogP contribution in [0.3, 0.4) is 0 Å². The molecule has 5 rings (SSSR count). The van der Waals surface area contributed by atoms with Crippen LogP contribution in [0.4, 0.5) is 17.3 Å². The zero-order chi connectivity index (χ0) is 32.0. The molecule has 3 aromatic heterocycles. The Hall–Kier alpha value is -5.36. The molecule has 232 valence electrons. The minimum Gasteiger partial charge on any atom is -0.465 e. The number of halogens is 1. The first-order valence-electron chi connectivity index (χ1n) is 12.4. The molecule has 0 atom stereocenters. The van der Waals surface area contributed by atoms with Gasteiger partial charge < -0.3 is 40.7 Å². The summed E-state index contributed by atoms with van der Waals surface area (Å²) >= 11 is 2.45. The third-order valence-corrected chi connectivity index (χ3v) is 6.27. The van der Waals surface area contributed by atoms with Crippen LogP contribution < -0.4 is 17.2 Å². The number of imidazole rings is 1. The molecule has 0 amide bonds. The van der Waals surface area contributed by atoms with Gasteiger partial charge in [0.15, 0.2) is 5.95 Å². The largest absolute Gasteiger partial charge is 0.465 e. The van der Waals surface area contributed by atoms with Crippen molar-refractivity contribution in [1.29, 1.82) is 5.26 Å². The Morgan fingerprint density at radius 3 is 1.77 bits per heavy atom. The van der Waals surface area contributed by atoms with E-state index in [0.29, 0.717) is 33.8 Å². The number of aromatic nitrogens is 4. The van der Waals surface area contributed by atoms with Gasteiger partial charge in [-0.25, -0.2) is 14.6 Å². The molecule has 0 fully saturated rings. The van der Waals surface area contributed by atoms with Crippen molar-refractivity contribution in [3.8, 4) is 27.2 Å². The Morgan fingerprint density at radius 2 is 1.32 bits per heavy atom. The van der Waals surface area contributed by atoms with E-state index < -0.39 is 11.9 Å². The van der Waals surface area contributed by atoms with Crippen LogP contribution in [0.1, 0.15) is 51.1 Å². The zero-order valence-corrected chi connectivity index (χ0v) is 25.7. The van der Waals surface area contributed by atoms with Crippen molar-refractivity contribution in [2.45, 2.75) is 35.1 Å². The second-order valence-corrected chi connectivity index (χ2v) is 9.39. The summed E-state index contributed by atoms with van der Waals surface area (Å²) in [7, 11) is 2.62. The molecule has 0 radical (unpaired) electrons. The quantitative estimate of drug-likeness (QED) is 0.135. The summed E-state index contributed by atoms with van der Waals surface area (Å²) in [5.41, 5.74) is 24.2. The number of aryl methyl sites for hydroxylation is 4. The fourth-order valence-electron chi connectivity index (χ4n) is 4.44. The van der Waals surface area contributed by atoms with Gasteiger partial charge >= 0.3 is 11.9 Å². The highest BCUT2D eigenvalue weighted by Crippen LogP contribution is 2.34. The summed E-state index contributed by atoms with van der Waals surface area (Å²) in [6.07, 6.45) is 0. The molecule has 0 spiro atoms. The predicted molar refractivity (Wildman–Crippen MR) is 170 cm³/mol. The summed E-state index contributed by atoms with van der Waals surface area (Å²) in [4.78, 5) is 32.3. The van der Waals surface area contributed by atoms with Crippen molar-refractivity contribution < 1.29 is 28.1 Å². The molecule has 7 N–H and O–H groups in total. The third-order valence-electron chi connectivity index (χ3n) is 6.27. The lowest BCUT2D eigenvalue weighted by Gasteiger charge is -2.10. The highest BCUT2D eigenvalue weighted by Gasteiger charge is 2.20. The zero-order valence-electron chi connectivity index (χ0n) is 24.2. The maximum Gasteiger partial charge on any atom is 0.340 e. The number of rotatable bonds is 4. The first-order chi connectivity index (χ1) is 20.4. The van der Waals surface area contributed by atoms with Gasteiger partial charge in [-0.2, -0.15) is 5.26 Å². The molecular formula is C29H33BrN8O6. The number of anilines is 3. The lowest BCUT2D eigenvalue weighted by molar-refractivity contribution is 0.0593. The number of aromatic amines is 1. The van der Waals surface area contributed by atoms with E-state index >= 15 is 0 Å². The summed E-state index contributed by atoms with van der Waals surface area (Å²) in [5.74, 6) is 0.566. The summed E-state index contributed by atoms with van der Waals surface area (Å²) in [5, 5.41) is 15.0. The Balaban J connectivity index is 0.000000277. The SMILES string of the molecule is C.COC(=O)c1cc(-c2c(C)noc2C)cc(N)c1N.COC(=O)c1cc(-c2c(C)noc2C)cc2[nH]c(N)nc12.N#CBr. The molecule has 14 nitrogen and oxygen atoms in total. The van der Waals surface area contributed by atoms with Crippen LogP contribution in [0, 0.1) is 37.9 Å². The van der Waals surface area contributed by atoms with Crippen molar-refractivity contribution >= 4 is 56.2 Å². The van der Waals surface area contributed by atoms with Crippen molar-refractivity contribution in [3.63, 3.8) is 0 Å². The number of nitrogens with zero attached hydrogens (tertiary/aromatic N) is 4. The number of ether oxygens (including phenoxy) is 2. The average Bonchev–Trinajstić information content (AvgIpc) is 3.63. The van der Waals surface area contributed by atoms with Crippen molar-refractivity contribution in [3.05, 3.63) is 58.3 Å². The monoisotopic (exact) mass is 668 g/mol. The van der Waals surface area contributed by atoms with Crippen LogP contribution >= 0.6 is 15.9 Å². The second kappa shape index (κ2) is 14.7. The smallest absolute Gasteiger partial charge is 0.340 e. The fourth-order valence-corrected chi connectivity index (χ4v) is 4.44. The Kier molecular flexibility index (Phi) is 11.6. The Labute approximate surface area is 261 Å². The van der Waals surface area contributed by atoms with E-state index in [9.17, 15) is 9.59 Å². The lowest BCUT2D eigenvalue weighted by atomic mass is 9.99. The van der Waals surface area contributed by atoms with Crippen molar-refractivity contribution in [1.82, 2.24) is 20.3 Å². The van der Waals surface area contributed by atoms with Crippen LogP contribution in [-0.2, 0) is 9.47 Å². The van der Waals surface area contributed by atoms with E-state index in [2.05, 4.69) is 36.2 Å². The van der Waals surface area contributed by atoms with Gasteiger partial charge in [0.1, 0.15) is 22.0 Å². The van der Waals surface area contributed by atoms with Crippen LogP contribution in [0.15, 0.2) is 33.3 Å². The van der Waals surface area contributed by atoms with Gasteiger partial charge in [-0.3, -0.25) is 0 Å². The molecule has 0 saturated carbocycles. The number of H-pyrrole nitrogens is 1. The number of hydrogen-bond donors (Lipinski definition) is 4. The van der Waals surface area contributed by atoms with Crippen LogP contribution in [0.5, 0.6) is 0 Å². The molecule has 0 aliphatic rings. The number of nitriles is 1. The average molecular weight is 670 g/mol. The molecule has 0 saturated heterocycles. The predicted octanol–water partition coefficient (Wildman–Crippen LogP) is 5.61. The molecule has 15 heteroatoms. The van der Waals surface area contributed by atoms with Crippen LogP contribution in [0.2, 0.25) is 0 Å². The molecule has 2 aromatic carbocycles. The molecule has 0 unspecified atom stereocenters. The van der Waals surface area contributed by atoms with E-state index in [0.717, 1.165) is 33.6 Å². The minimum atomic E-state index is -0.530. The first kappa shape index (κ1) is 34.8. The summed E-state index contributed by atoms with van der Waals surface area (Å²) in [6.45, 7) is 7.27. The maximum atomic E-state index is 12.0. The van der Waals surface area contributed by atoms with Crippen LogP contribution in [-0.4, -0.2) is 46.4 Å². The molecular weight excluding hydrogens is 636 g/mol. The van der Waals surface area contributed by atoms with Gasteiger partial charge in [0.25, 0.3) is 0 Å². The van der Waals surface area contributed by atoms with E-state index in [1.807, 2.05) is 26.8 Å². The van der Waals surface area contributed by atoms with E-state index in [4.69, 9.17) is 41.0 Å². The second-order valence-electron chi connectivity index (χ2n) is 9.03. The highest BCUT2D eigenvalue weighted by molar-refractivity contribution is 9.12. The van der Waals surface area contributed by atoms with Crippen LogP contribution in [0.25, 0.3) is 33.3 Å². The first-order valence-corrected chi connectivity index (χ1v) is 13.2. The molecule has 5 aromatic rings. The highest BCUT2D eigenvalue weighted by atomic mass is 79.9. The van der Waals surface area contributed by atoms with E-state index in [-0.39, 0.29) is 24.6 Å². The van der Waals surface area contributed by atoms with Gasteiger partial charge in [-0.15, -0.1) is 0 Å². The fraction of sp³-hybridized carbons (Fsp3) is 0.241. The van der Waals surface area contributed by atoms with Gasteiger partial charge in [0, 0.05) is 27.1 Å². The van der Waals surface area contributed by atoms with Gasteiger partial charge in [-0.05, 0) is 63.1 Å². The number of nitrogens with one attached hydrogen (secondary N) is 1. The molecule has 0 aliphatic heterocycles. The van der Waals surface area contributed by atoms with Gasteiger partial charge in [0.05, 0.1) is 53.6 Å². The Morgan fingerprint density at radius 1 is 0.864 bits per heavy atom. The number of benzene rings is 2. The maximum absolute atomic E-state index is 12.0. The minimum absolute atomic E-state index is 0. The number of fused-ring (bicyclic) bond motifs is 1. The number of carbonyl (C=O) groups is 2. The number of nitrogen functional groups attached to an aromatic ring is 3. The van der Waals surface area contributed by atoms with E-state index in [1.54, 1.807) is 30.1 Å². The number of nitrogens with two attached hydrogens (primary N) is 3. The normalized spacial score (nSPS) is 9.95. The third kappa shape index (κ3) is 7.16. The molecule has 0 aliphatic carbocycles. The van der Waals surface area contributed by atoms with Crippen molar-refractivity contribution in [2.75, 3.05) is 31.4 Å². The molecule has 44 heavy (non-hydrogen) atoms. The molecule has 3 heterocycles. The number of carbonyl (C=O) groups excluding carboxylic acids is 2. The van der Waals surface area contributed by atoms with Crippen molar-refractivity contribution in [2.24, 2.45) is 0 Å². The van der Waals surface area contributed by atoms with Gasteiger partial charge in [0.2, 0.25) is 0 Å². The summed E-state index contributed by atoms with van der Waals surface area (Å²) in [6, 6.07) is 6.89. The topological polar surface area (TPSA) is 235 Å². The van der Waals surface area contributed by atoms with E-state index in [1.165, 1.54) is 14.2 Å². The Bertz CT molecular complexity index is 1810. The lowest BCUT2D eigenvalue weighted by Crippen LogP contribution is -2.08. The molecule has 0 bridgehead atoms. The summed E-state index contributed by atoms with van der Waals surface area (Å²) < 4.78 is 19.8.